The minimum Gasteiger partial charge on any atom is -0.298 e. The summed E-state index contributed by atoms with van der Waals surface area (Å²) in [5, 5.41) is 14.1. The van der Waals surface area contributed by atoms with Crippen molar-refractivity contribution in [2.75, 3.05) is 5.32 Å². The molecular weight excluding hydrogens is 350 g/mol. The van der Waals surface area contributed by atoms with Gasteiger partial charge in [-0.1, -0.05) is 22.9 Å². The molecule has 24 heavy (non-hydrogen) atoms. The first-order valence-electron chi connectivity index (χ1n) is 6.98. The van der Waals surface area contributed by atoms with Gasteiger partial charge < -0.3 is 0 Å². The largest absolute Gasteiger partial charge is 0.298 e. The van der Waals surface area contributed by atoms with Crippen LogP contribution in [0.1, 0.15) is 21.5 Å². The van der Waals surface area contributed by atoms with E-state index in [0.29, 0.717) is 5.13 Å². The second-order valence-electron chi connectivity index (χ2n) is 5.30. The molecule has 0 aliphatic heterocycles. The van der Waals surface area contributed by atoms with Crippen molar-refractivity contribution >= 4 is 49.9 Å². The molecule has 0 saturated heterocycles. The van der Waals surface area contributed by atoms with E-state index < -0.39 is 10.8 Å². The Bertz CT molecular complexity index is 945. The van der Waals surface area contributed by atoms with Gasteiger partial charge in [-0.2, -0.15) is 0 Å². The second-order valence-corrected chi connectivity index (χ2v) is 6.74. The highest BCUT2D eigenvalue weighted by Crippen LogP contribution is 2.29. The number of non-ortho nitro benzene ring substituents is 1. The topological polar surface area (TPSA) is 85.1 Å². The van der Waals surface area contributed by atoms with Crippen LogP contribution in [0.4, 0.5) is 10.8 Å². The van der Waals surface area contributed by atoms with Crippen LogP contribution < -0.4 is 5.32 Å². The molecule has 0 radical (unpaired) electrons. The molecule has 0 bridgehead atoms. The Balaban J connectivity index is 1.92. The SMILES string of the molecule is Cc1cc2nc(NC(=O)c3cc([N+](=O)[O-])ccc3Cl)sc2cc1C. The number of fused-ring (bicyclic) bond motifs is 1. The number of hydrogen-bond acceptors (Lipinski definition) is 5. The summed E-state index contributed by atoms with van der Waals surface area (Å²) in [5.41, 5.74) is 2.90. The monoisotopic (exact) mass is 361 g/mol. The van der Waals surface area contributed by atoms with E-state index in [2.05, 4.69) is 10.3 Å². The zero-order valence-electron chi connectivity index (χ0n) is 12.8. The number of anilines is 1. The molecule has 1 aromatic heterocycles. The maximum Gasteiger partial charge on any atom is 0.270 e. The Labute approximate surface area is 146 Å². The standard InChI is InChI=1S/C16H12ClN3O3S/c1-8-5-13-14(6-9(8)2)24-16(18-13)19-15(21)11-7-10(20(22)23)3-4-12(11)17/h3-7H,1-2H3,(H,18,19,21). The van der Waals surface area contributed by atoms with E-state index in [1.807, 2.05) is 26.0 Å². The van der Waals surface area contributed by atoms with Gasteiger partial charge in [-0.15, -0.1) is 0 Å². The lowest BCUT2D eigenvalue weighted by Gasteiger charge is -2.03. The number of hydrogen-bond donors (Lipinski definition) is 1. The lowest BCUT2D eigenvalue weighted by molar-refractivity contribution is -0.384. The number of aromatic nitrogens is 1. The fraction of sp³-hybridized carbons (Fsp3) is 0.125. The van der Waals surface area contributed by atoms with Crippen molar-refractivity contribution in [2.45, 2.75) is 13.8 Å². The molecule has 0 unspecified atom stereocenters. The van der Waals surface area contributed by atoms with Crippen molar-refractivity contribution in [2.24, 2.45) is 0 Å². The van der Waals surface area contributed by atoms with Gasteiger partial charge in [0.15, 0.2) is 5.13 Å². The fourth-order valence-corrected chi connectivity index (χ4v) is 3.34. The molecule has 3 rings (SSSR count). The highest BCUT2D eigenvalue weighted by atomic mass is 35.5. The maximum absolute atomic E-state index is 12.4. The van der Waals surface area contributed by atoms with Crippen LogP contribution >= 0.6 is 22.9 Å². The quantitative estimate of drug-likeness (QED) is 0.540. The molecule has 2 aromatic carbocycles. The van der Waals surface area contributed by atoms with E-state index in [4.69, 9.17) is 11.6 Å². The summed E-state index contributed by atoms with van der Waals surface area (Å²) in [7, 11) is 0. The minimum atomic E-state index is -0.573. The predicted octanol–water partition coefficient (Wildman–Crippen LogP) is 4.73. The molecule has 1 N–H and O–H groups in total. The molecule has 6 nitrogen and oxygen atoms in total. The zero-order valence-corrected chi connectivity index (χ0v) is 14.4. The average Bonchev–Trinajstić information content (AvgIpc) is 2.88. The van der Waals surface area contributed by atoms with E-state index in [1.54, 1.807) is 0 Å². The van der Waals surface area contributed by atoms with Gasteiger partial charge in [0.25, 0.3) is 11.6 Å². The lowest BCUT2D eigenvalue weighted by atomic mass is 10.1. The van der Waals surface area contributed by atoms with Gasteiger partial charge in [0, 0.05) is 12.1 Å². The third kappa shape index (κ3) is 3.08. The molecule has 0 saturated carbocycles. The summed E-state index contributed by atoms with van der Waals surface area (Å²) in [6, 6.07) is 7.71. The molecule has 122 valence electrons. The normalized spacial score (nSPS) is 10.8. The summed E-state index contributed by atoms with van der Waals surface area (Å²) < 4.78 is 0.957. The first-order chi connectivity index (χ1) is 11.3. The molecule has 3 aromatic rings. The number of thiazole rings is 1. The summed E-state index contributed by atoms with van der Waals surface area (Å²) in [6.07, 6.45) is 0. The third-order valence-electron chi connectivity index (χ3n) is 3.63. The number of nitrogens with zero attached hydrogens (tertiary/aromatic N) is 2. The van der Waals surface area contributed by atoms with Crippen LogP contribution in [0, 0.1) is 24.0 Å². The molecule has 1 heterocycles. The molecule has 0 aliphatic rings. The molecule has 8 heteroatoms. The van der Waals surface area contributed by atoms with Crippen LogP contribution in [0.25, 0.3) is 10.2 Å². The second kappa shape index (κ2) is 6.18. The highest BCUT2D eigenvalue weighted by Gasteiger charge is 2.17. The van der Waals surface area contributed by atoms with Crippen LogP contribution in [0.15, 0.2) is 30.3 Å². The van der Waals surface area contributed by atoms with Gasteiger partial charge in [0.1, 0.15) is 0 Å². The van der Waals surface area contributed by atoms with Crippen molar-refractivity contribution in [1.29, 1.82) is 0 Å². The van der Waals surface area contributed by atoms with E-state index in [1.165, 1.54) is 23.5 Å². The Kier molecular flexibility index (Phi) is 4.21. The van der Waals surface area contributed by atoms with Crippen LogP contribution in [-0.4, -0.2) is 15.8 Å². The number of nitro benzene ring substituents is 1. The number of carbonyl (C=O) groups excluding carboxylic acids is 1. The van der Waals surface area contributed by atoms with Crippen LogP contribution in [0.3, 0.4) is 0 Å². The van der Waals surface area contributed by atoms with Crippen molar-refractivity contribution in [3.8, 4) is 0 Å². The zero-order chi connectivity index (χ0) is 17.4. The van der Waals surface area contributed by atoms with Crippen LogP contribution in [0.2, 0.25) is 5.02 Å². The number of rotatable bonds is 3. The number of amides is 1. The fourth-order valence-electron chi connectivity index (χ4n) is 2.20. The molecule has 0 aliphatic carbocycles. The number of nitro groups is 1. The highest BCUT2D eigenvalue weighted by molar-refractivity contribution is 7.22. The number of aryl methyl sites for hydroxylation is 2. The third-order valence-corrected chi connectivity index (χ3v) is 4.89. The summed E-state index contributed by atoms with van der Waals surface area (Å²) in [4.78, 5) is 27.0. The molecule has 0 fully saturated rings. The van der Waals surface area contributed by atoms with E-state index >= 15 is 0 Å². The predicted molar refractivity (Wildman–Crippen MR) is 95.2 cm³/mol. The van der Waals surface area contributed by atoms with Gasteiger partial charge in [-0.25, -0.2) is 4.98 Å². The molecule has 0 atom stereocenters. The average molecular weight is 362 g/mol. The summed E-state index contributed by atoms with van der Waals surface area (Å²) in [6.45, 7) is 4.00. The van der Waals surface area contributed by atoms with Gasteiger partial charge >= 0.3 is 0 Å². The first-order valence-corrected chi connectivity index (χ1v) is 8.17. The number of carbonyl (C=O) groups is 1. The Morgan fingerprint density at radius 3 is 2.67 bits per heavy atom. The Morgan fingerprint density at radius 2 is 1.96 bits per heavy atom. The van der Waals surface area contributed by atoms with Crippen LogP contribution in [0.5, 0.6) is 0 Å². The maximum atomic E-state index is 12.4. The van der Waals surface area contributed by atoms with Crippen molar-refractivity contribution in [3.63, 3.8) is 0 Å². The summed E-state index contributed by atoms with van der Waals surface area (Å²) in [5.74, 6) is -0.531. The molecule has 0 spiro atoms. The van der Waals surface area contributed by atoms with E-state index in [0.717, 1.165) is 27.4 Å². The number of halogens is 1. The smallest absolute Gasteiger partial charge is 0.270 e. The first kappa shape index (κ1) is 16.4. The molecular formula is C16H12ClN3O3S. The Hall–Kier alpha value is -2.51. The van der Waals surface area contributed by atoms with Gasteiger partial charge in [-0.05, 0) is 43.2 Å². The van der Waals surface area contributed by atoms with Crippen molar-refractivity contribution in [3.05, 3.63) is 62.2 Å². The van der Waals surface area contributed by atoms with Gasteiger partial charge in [0.05, 0.1) is 25.7 Å². The number of benzene rings is 2. The van der Waals surface area contributed by atoms with E-state index in [9.17, 15) is 14.9 Å². The lowest BCUT2D eigenvalue weighted by Crippen LogP contribution is -2.12. The summed E-state index contributed by atoms with van der Waals surface area (Å²) >= 11 is 7.32. The van der Waals surface area contributed by atoms with Gasteiger partial charge in [-0.3, -0.25) is 20.2 Å². The minimum absolute atomic E-state index is 0.0393. The van der Waals surface area contributed by atoms with Crippen LogP contribution in [-0.2, 0) is 0 Å². The Morgan fingerprint density at radius 1 is 1.25 bits per heavy atom. The van der Waals surface area contributed by atoms with E-state index in [-0.39, 0.29) is 16.3 Å². The van der Waals surface area contributed by atoms with Crippen molar-refractivity contribution in [1.82, 2.24) is 4.98 Å². The number of nitrogens with one attached hydrogen (secondary N) is 1. The molecule has 1 amide bonds. The van der Waals surface area contributed by atoms with Gasteiger partial charge in [0.2, 0.25) is 0 Å². The van der Waals surface area contributed by atoms with Crippen molar-refractivity contribution < 1.29 is 9.72 Å².